The smallest absolute Gasteiger partial charge is 0.0822 e. The van der Waals surface area contributed by atoms with Crippen LogP contribution in [-0.4, -0.2) is 6.61 Å². The highest BCUT2D eigenvalue weighted by Crippen LogP contribution is 2.17. The van der Waals surface area contributed by atoms with Gasteiger partial charge in [0.1, 0.15) is 0 Å². The van der Waals surface area contributed by atoms with Gasteiger partial charge in [0.15, 0.2) is 0 Å². The molecule has 0 heterocycles. The van der Waals surface area contributed by atoms with Gasteiger partial charge in [-0.2, -0.15) is 0 Å². The van der Waals surface area contributed by atoms with Gasteiger partial charge in [0.25, 0.3) is 0 Å². The lowest BCUT2D eigenvalue weighted by atomic mass is 10.1. The second-order valence-corrected chi connectivity index (χ2v) is 2.68. The number of halogens is 1. The van der Waals surface area contributed by atoms with Gasteiger partial charge in [0.2, 0.25) is 0 Å². The van der Waals surface area contributed by atoms with Crippen LogP contribution < -0.4 is 0 Å². The van der Waals surface area contributed by atoms with Gasteiger partial charge in [0.05, 0.1) is 6.61 Å². The summed E-state index contributed by atoms with van der Waals surface area (Å²) in [7, 11) is 0. The summed E-state index contributed by atoms with van der Waals surface area (Å²) in [6.07, 6.45) is 1.57. The second kappa shape index (κ2) is 4.83. The van der Waals surface area contributed by atoms with Crippen molar-refractivity contribution < 1.29 is 5.11 Å². The van der Waals surface area contributed by atoms with Gasteiger partial charge in [-0.05, 0) is 18.8 Å². The summed E-state index contributed by atoms with van der Waals surface area (Å²) in [5, 5.41) is 10.6. The van der Waals surface area contributed by atoms with Gasteiger partial charge < -0.3 is 0 Å². The molecule has 1 nitrogen and oxygen atoms in total. The number of rotatable bonds is 4. The number of hydrogen-bond donors (Lipinski definition) is 0. The van der Waals surface area contributed by atoms with E-state index in [1.165, 1.54) is 0 Å². The van der Waals surface area contributed by atoms with E-state index in [-0.39, 0.29) is 6.61 Å². The van der Waals surface area contributed by atoms with E-state index in [0.29, 0.717) is 17.4 Å². The first kappa shape index (κ1) is 8.99. The third-order valence-electron chi connectivity index (χ3n) is 1.32. The summed E-state index contributed by atoms with van der Waals surface area (Å²) >= 11 is 5.57. The molecule has 0 spiro atoms. The van der Waals surface area contributed by atoms with Crippen molar-refractivity contribution in [3.8, 4) is 0 Å². The van der Waals surface area contributed by atoms with Gasteiger partial charge in [-0.1, -0.05) is 25.1 Å². The molecule has 9 heavy (non-hydrogen) atoms. The molecule has 0 fully saturated rings. The van der Waals surface area contributed by atoms with E-state index < -0.39 is 0 Å². The molecule has 0 amide bonds. The molecule has 0 aromatic rings. The minimum atomic E-state index is -0.00545. The zero-order valence-corrected chi connectivity index (χ0v) is 6.45. The van der Waals surface area contributed by atoms with E-state index in [9.17, 15) is 5.11 Å². The van der Waals surface area contributed by atoms with Crippen LogP contribution in [0.2, 0.25) is 0 Å². The van der Waals surface area contributed by atoms with Crippen LogP contribution in [-0.2, 0) is 5.11 Å². The lowest BCUT2D eigenvalue weighted by Gasteiger charge is -2.05. The molecule has 1 atom stereocenters. The summed E-state index contributed by atoms with van der Waals surface area (Å²) in [5.74, 6) is 0.292. The predicted octanol–water partition coefficient (Wildman–Crippen LogP) is 2.59. The van der Waals surface area contributed by atoms with Gasteiger partial charge in [0, 0.05) is 5.03 Å². The van der Waals surface area contributed by atoms with Crippen LogP contribution >= 0.6 is 11.6 Å². The standard InChI is InChI=1S/C7H12ClO/c1-6(7(2)8)4-3-5-9/h6H,2-5H2,1H3. The fraction of sp³-hybridized carbons (Fsp3) is 0.714. The molecule has 0 bridgehead atoms. The van der Waals surface area contributed by atoms with Crippen LogP contribution in [0, 0.1) is 5.92 Å². The molecule has 0 aromatic carbocycles. The van der Waals surface area contributed by atoms with E-state index in [2.05, 4.69) is 6.58 Å². The van der Waals surface area contributed by atoms with Crippen molar-refractivity contribution in [2.24, 2.45) is 5.92 Å². The van der Waals surface area contributed by atoms with Gasteiger partial charge >= 0.3 is 0 Å². The van der Waals surface area contributed by atoms with Crippen molar-refractivity contribution in [3.63, 3.8) is 0 Å². The zero-order valence-electron chi connectivity index (χ0n) is 5.69. The van der Waals surface area contributed by atoms with Crippen molar-refractivity contribution in [1.82, 2.24) is 0 Å². The third kappa shape index (κ3) is 4.49. The van der Waals surface area contributed by atoms with Crippen molar-refractivity contribution >= 4 is 11.6 Å². The second-order valence-electron chi connectivity index (χ2n) is 2.19. The molecule has 0 aliphatic rings. The maximum atomic E-state index is 9.98. The first-order chi connectivity index (χ1) is 4.18. The molecular formula is C7H12ClO. The van der Waals surface area contributed by atoms with Crippen LogP contribution in [0.4, 0.5) is 0 Å². The van der Waals surface area contributed by atoms with Gasteiger partial charge in [-0.25, -0.2) is 5.11 Å². The lowest BCUT2D eigenvalue weighted by Crippen LogP contribution is -1.94. The Morgan fingerprint density at radius 1 is 1.78 bits per heavy atom. The van der Waals surface area contributed by atoms with Crippen LogP contribution in [0.25, 0.3) is 0 Å². The summed E-state index contributed by atoms with van der Waals surface area (Å²) < 4.78 is 0. The van der Waals surface area contributed by atoms with Crippen LogP contribution in [0.1, 0.15) is 19.8 Å². The van der Waals surface area contributed by atoms with Gasteiger partial charge in [-0.3, -0.25) is 0 Å². The SMILES string of the molecule is C=C(Cl)C(C)CCC[O]. The summed E-state index contributed by atoms with van der Waals surface area (Å²) in [6.45, 7) is 5.54. The summed E-state index contributed by atoms with van der Waals surface area (Å²) in [6, 6.07) is 0. The van der Waals surface area contributed by atoms with Crippen LogP contribution in [0.15, 0.2) is 11.6 Å². The first-order valence-electron chi connectivity index (χ1n) is 3.11. The number of hydrogen-bond acceptors (Lipinski definition) is 0. The van der Waals surface area contributed by atoms with Crippen molar-refractivity contribution in [2.45, 2.75) is 19.8 Å². The minimum absolute atomic E-state index is 0.00545. The van der Waals surface area contributed by atoms with E-state index in [1.807, 2.05) is 6.92 Å². The molecule has 1 radical (unpaired) electrons. The Bertz CT molecular complexity index is 90.9. The summed E-state index contributed by atoms with van der Waals surface area (Å²) in [5.41, 5.74) is 0. The highest BCUT2D eigenvalue weighted by Gasteiger charge is 2.02. The molecule has 1 unspecified atom stereocenters. The van der Waals surface area contributed by atoms with Crippen molar-refractivity contribution in [2.75, 3.05) is 6.61 Å². The molecule has 0 aromatic heterocycles. The Morgan fingerprint density at radius 3 is 2.67 bits per heavy atom. The Morgan fingerprint density at radius 2 is 2.33 bits per heavy atom. The highest BCUT2D eigenvalue weighted by atomic mass is 35.5. The Labute approximate surface area is 61.3 Å². The van der Waals surface area contributed by atoms with Crippen LogP contribution in [0.5, 0.6) is 0 Å². The minimum Gasteiger partial charge on any atom is -0.237 e. The fourth-order valence-electron chi connectivity index (χ4n) is 0.546. The Balaban J connectivity index is 3.27. The van der Waals surface area contributed by atoms with Crippen LogP contribution in [0.3, 0.4) is 0 Å². The first-order valence-corrected chi connectivity index (χ1v) is 3.48. The molecular weight excluding hydrogens is 136 g/mol. The average molecular weight is 148 g/mol. The third-order valence-corrected chi connectivity index (χ3v) is 1.69. The van der Waals surface area contributed by atoms with E-state index >= 15 is 0 Å². The Kier molecular flexibility index (Phi) is 4.83. The van der Waals surface area contributed by atoms with Gasteiger partial charge in [-0.15, -0.1) is 0 Å². The lowest BCUT2D eigenvalue weighted by molar-refractivity contribution is 0.183. The van der Waals surface area contributed by atoms with E-state index in [0.717, 1.165) is 6.42 Å². The molecule has 0 N–H and O–H groups in total. The largest absolute Gasteiger partial charge is 0.237 e. The average Bonchev–Trinajstić information content (AvgIpc) is 1.82. The monoisotopic (exact) mass is 147 g/mol. The predicted molar refractivity (Wildman–Crippen MR) is 38.9 cm³/mol. The molecule has 0 aliphatic carbocycles. The normalized spacial score (nSPS) is 13.2. The maximum Gasteiger partial charge on any atom is 0.0822 e. The molecule has 0 rings (SSSR count). The zero-order chi connectivity index (χ0) is 7.28. The van der Waals surface area contributed by atoms with E-state index in [1.54, 1.807) is 0 Å². The number of allylic oxidation sites excluding steroid dienone is 1. The topological polar surface area (TPSA) is 19.9 Å². The molecule has 0 saturated carbocycles. The van der Waals surface area contributed by atoms with E-state index in [4.69, 9.17) is 11.6 Å². The molecule has 2 heteroatoms. The molecule has 53 valence electrons. The quantitative estimate of drug-likeness (QED) is 0.583. The maximum absolute atomic E-state index is 9.98. The summed E-state index contributed by atoms with van der Waals surface area (Å²) in [4.78, 5) is 0. The van der Waals surface area contributed by atoms with Crippen molar-refractivity contribution in [1.29, 1.82) is 0 Å². The highest BCUT2D eigenvalue weighted by molar-refractivity contribution is 6.29. The fourth-order valence-corrected chi connectivity index (χ4v) is 0.655. The van der Waals surface area contributed by atoms with Crippen molar-refractivity contribution in [3.05, 3.63) is 11.6 Å². The Hall–Kier alpha value is -0.0100. The molecule has 0 saturated heterocycles. The molecule has 0 aliphatic heterocycles.